The van der Waals surface area contributed by atoms with Crippen molar-refractivity contribution in [3.8, 4) is 11.5 Å². The van der Waals surface area contributed by atoms with Crippen molar-refractivity contribution in [2.75, 3.05) is 0 Å². The summed E-state index contributed by atoms with van der Waals surface area (Å²) in [6.45, 7) is 3.04. The van der Waals surface area contributed by atoms with Crippen LogP contribution in [-0.2, 0) is 13.1 Å². The van der Waals surface area contributed by atoms with E-state index in [1.165, 1.54) is 11.9 Å². The van der Waals surface area contributed by atoms with Crippen molar-refractivity contribution in [3.05, 3.63) is 92.8 Å². The first-order valence-electron chi connectivity index (χ1n) is 9.45. The van der Waals surface area contributed by atoms with Crippen LogP contribution in [0.15, 0.2) is 70.5 Å². The minimum absolute atomic E-state index is 0.340. The van der Waals surface area contributed by atoms with Crippen molar-refractivity contribution in [1.82, 2.24) is 29.1 Å². The zero-order valence-corrected chi connectivity index (χ0v) is 17.7. The molecule has 3 aromatic rings. The number of fused-ring (bicyclic) bond motifs is 3. The highest BCUT2D eigenvalue weighted by molar-refractivity contribution is 9.10. The van der Waals surface area contributed by atoms with Crippen LogP contribution >= 0.6 is 15.9 Å². The number of aromatic nitrogens is 6. The van der Waals surface area contributed by atoms with Crippen LogP contribution in [-0.4, -0.2) is 29.1 Å². The summed E-state index contributed by atoms with van der Waals surface area (Å²) in [4.78, 5) is 30.3. The third-order valence-corrected chi connectivity index (χ3v) is 5.56. The molecule has 0 atom stereocenters. The Bertz CT molecular complexity index is 1370. The van der Waals surface area contributed by atoms with Crippen LogP contribution in [0.1, 0.15) is 16.7 Å². The van der Waals surface area contributed by atoms with E-state index < -0.39 is 0 Å². The second-order valence-corrected chi connectivity index (χ2v) is 8.10. The molecule has 0 saturated carbocycles. The number of rotatable bonds is 4. The maximum Gasteiger partial charge on any atom is 0.350 e. The highest BCUT2D eigenvalue weighted by atomic mass is 79.9. The van der Waals surface area contributed by atoms with Crippen molar-refractivity contribution in [1.29, 1.82) is 0 Å². The lowest BCUT2D eigenvalue weighted by Gasteiger charge is -2.04. The van der Waals surface area contributed by atoms with Gasteiger partial charge < -0.3 is 4.57 Å². The summed E-state index contributed by atoms with van der Waals surface area (Å²) >= 11 is 3.45. The number of hydrogen-bond donors (Lipinski definition) is 0. The topological polar surface area (TPSA) is 78.5 Å². The van der Waals surface area contributed by atoms with Gasteiger partial charge in [0.15, 0.2) is 11.5 Å². The second-order valence-electron chi connectivity index (χ2n) is 7.18. The van der Waals surface area contributed by atoms with Crippen molar-refractivity contribution in [3.63, 3.8) is 0 Å². The molecule has 8 heteroatoms. The first-order chi connectivity index (χ1) is 14.6. The van der Waals surface area contributed by atoms with Crippen molar-refractivity contribution in [2.45, 2.75) is 20.0 Å². The fourth-order valence-corrected chi connectivity index (χ4v) is 3.72. The summed E-state index contributed by atoms with van der Waals surface area (Å²) < 4.78 is 4.53. The Morgan fingerprint density at radius 3 is 2.37 bits per heavy atom. The summed E-state index contributed by atoms with van der Waals surface area (Å²) in [5, 5.41) is 0. The van der Waals surface area contributed by atoms with Crippen LogP contribution in [0.2, 0.25) is 0 Å². The molecule has 2 aliphatic rings. The summed E-state index contributed by atoms with van der Waals surface area (Å²) in [6.07, 6.45) is 3.19. The molecule has 0 bridgehead atoms. The zero-order chi connectivity index (χ0) is 20.7. The quantitative estimate of drug-likeness (QED) is 0.408. The average molecular weight is 461 g/mol. The normalized spacial score (nSPS) is 11.4. The molecule has 0 saturated heterocycles. The van der Waals surface area contributed by atoms with Gasteiger partial charge in [-0.25, -0.2) is 19.7 Å². The maximum atomic E-state index is 12.6. The van der Waals surface area contributed by atoms with Gasteiger partial charge in [-0.1, -0.05) is 57.9 Å². The van der Waals surface area contributed by atoms with Crippen molar-refractivity contribution in [2.24, 2.45) is 0 Å². The molecule has 2 aromatic carbocycles. The van der Waals surface area contributed by atoms with E-state index in [0.717, 1.165) is 15.6 Å². The van der Waals surface area contributed by atoms with E-state index >= 15 is 0 Å². The van der Waals surface area contributed by atoms with E-state index in [0.29, 0.717) is 35.8 Å². The van der Waals surface area contributed by atoms with Gasteiger partial charge in [-0.3, -0.25) is 4.57 Å². The van der Waals surface area contributed by atoms with Gasteiger partial charge in [0.1, 0.15) is 17.5 Å². The Balaban J connectivity index is 1.56. The van der Waals surface area contributed by atoms with Crippen LogP contribution in [0.4, 0.5) is 0 Å². The van der Waals surface area contributed by atoms with Crippen LogP contribution in [0, 0.1) is 6.92 Å². The predicted molar refractivity (Wildman–Crippen MR) is 118 cm³/mol. The van der Waals surface area contributed by atoms with E-state index in [1.54, 1.807) is 10.9 Å². The van der Waals surface area contributed by atoms with Gasteiger partial charge in [0.2, 0.25) is 0 Å². The monoisotopic (exact) mass is 460 g/mol. The Kier molecular flexibility index (Phi) is 4.63. The minimum Gasteiger partial charge on any atom is -0.311 e. The van der Waals surface area contributed by atoms with Gasteiger partial charge in [0, 0.05) is 4.47 Å². The first kappa shape index (κ1) is 18.6. The molecule has 0 unspecified atom stereocenters. The second kappa shape index (κ2) is 7.46. The van der Waals surface area contributed by atoms with Crippen LogP contribution in [0.3, 0.4) is 0 Å². The number of halogens is 1. The molecule has 7 nitrogen and oxygen atoms in total. The molecule has 30 heavy (non-hydrogen) atoms. The van der Waals surface area contributed by atoms with Crippen molar-refractivity contribution < 1.29 is 0 Å². The van der Waals surface area contributed by atoms with E-state index in [1.807, 2.05) is 60.0 Å². The van der Waals surface area contributed by atoms with Crippen molar-refractivity contribution >= 4 is 27.1 Å². The Morgan fingerprint density at radius 1 is 0.900 bits per heavy atom. The Hall–Kier alpha value is -3.39. The number of benzene rings is 2. The van der Waals surface area contributed by atoms with Gasteiger partial charge in [-0.2, -0.15) is 4.98 Å². The van der Waals surface area contributed by atoms with E-state index in [9.17, 15) is 4.79 Å². The zero-order valence-electron chi connectivity index (χ0n) is 16.2. The molecule has 5 rings (SSSR count). The summed E-state index contributed by atoms with van der Waals surface area (Å²) in [7, 11) is 0. The fourth-order valence-electron chi connectivity index (χ4n) is 3.45. The summed E-state index contributed by atoms with van der Waals surface area (Å²) in [5.41, 5.74) is 4.63. The van der Waals surface area contributed by atoms with Gasteiger partial charge >= 0.3 is 5.69 Å². The third kappa shape index (κ3) is 3.39. The molecule has 2 aliphatic heterocycles. The molecule has 0 N–H and O–H groups in total. The Morgan fingerprint density at radius 2 is 1.60 bits per heavy atom. The molecule has 0 fully saturated rings. The highest BCUT2D eigenvalue weighted by Gasteiger charge is 2.21. The molecular weight excluding hydrogens is 444 g/mol. The smallest absolute Gasteiger partial charge is 0.311 e. The third-order valence-electron chi connectivity index (χ3n) is 5.03. The maximum absolute atomic E-state index is 12.6. The molecule has 0 spiro atoms. The fraction of sp³-hybridized carbons (Fsp3) is 0.136. The standard InChI is InChI=1S/C22H17BrN6O/c1-14-2-4-16(5-3-14)11-29-21-19(27-22(29)30)18-20(24-12-25-21)28(13-26-18)10-15-6-8-17(23)9-7-15/h2-9,12-13H,10-11H2,1H3. The number of imidazole rings is 2. The highest BCUT2D eigenvalue weighted by Crippen LogP contribution is 2.24. The lowest BCUT2D eigenvalue weighted by molar-refractivity contribution is 0.758. The minimum atomic E-state index is -0.340. The van der Waals surface area contributed by atoms with Gasteiger partial charge in [0.05, 0.1) is 19.4 Å². The molecular formula is C22H17BrN6O. The largest absolute Gasteiger partial charge is 0.350 e. The van der Waals surface area contributed by atoms with Gasteiger partial charge in [-0.15, -0.1) is 0 Å². The summed E-state index contributed by atoms with van der Waals surface area (Å²) in [5.74, 6) is 0.483. The molecule has 0 amide bonds. The van der Waals surface area contributed by atoms with Crippen LogP contribution < -0.4 is 5.69 Å². The summed E-state index contributed by atoms with van der Waals surface area (Å²) in [6, 6.07) is 16.1. The molecule has 0 aliphatic carbocycles. The van der Waals surface area contributed by atoms with E-state index in [4.69, 9.17) is 0 Å². The van der Waals surface area contributed by atoms with E-state index in [2.05, 4.69) is 35.9 Å². The van der Waals surface area contributed by atoms with Crippen LogP contribution in [0.5, 0.6) is 0 Å². The predicted octanol–water partition coefficient (Wildman–Crippen LogP) is 3.66. The van der Waals surface area contributed by atoms with Crippen LogP contribution in [0.25, 0.3) is 22.7 Å². The van der Waals surface area contributed by atoms with E-state index in [-0.39, 0.29) is 5.69 Å². The number of hydrogen-bond acceptors (Lipinski definition) is 5. The molecule has 1 aromatic heterocycles. The SMILES string of the molecule is Cc1ccc(Cn2c3ncnc4c(ncn4Cc4ccc(Br)cc4)c-3nc2=O)cc1. The molecule has 148 valence electrons. The lowest BCUT2D eigenvalue weighted by Crippen LogP contribution is -2.17. The molecule has 3 heterocycles. The first-order valence-corrected chi connectivity index (χ1v) is 10.2. The Labute approximate surface area is 180 Å². The lowest BCUT2D eigenvalue weighted by atomic mass is 10.1. The number of nitrogens with zero attached hydrogens (tertiary/aromatic N) is 6. The average Bonchev–Trinajstić information content (AvgIpc) is 3.21. The molecule has 0 radical (unpaired) electrons. The van der Waals surface area contributed by atoms with Gasteiger partial charge in [-0.05, 0) is 30.2 Å². The number of aryl methyl sites for hydroxylation is 1. The van der Waals surface area contributed by atoms with Gasteiger partial charge in [0.25, 0.3) is 0 Å².